The molecule has 2 unspecified atom stereocenters. The van der Waals surface area contributed by atoms with Crippen LogP contribution in [0.25, 0.3) is 0 Å². The van der Waals surface area contributed by atoms with Gasteiger partial charge in [-0.05, 0) is 43.7 Å². The molecule has 6 heteroatoms. The fourth-order valence-electron chi connectivity index (χ4n) is 3.62. The minimum atomic E-state index is -0.813. The van der Waals surface area contributed by atoms with E-state index in [4.69, 9.17) is 4.74 Å². The Kier molecular flexibility index (Phi) is 5.78. The average Bonchev–Trinajstić information content (AvgIpc) is 2.97. The maximum absolute atomic E-state index is 13.1. The van der Waals surface area contributed by atoms with Gasteiger partial charge in [-0.15, -0.1) is 0 Å². The van der Waals surface area contributed by atoms with Crippen LogP contribution in [0.5, 0.6) is 5.75 Å². The van der Waals surface area contributed by atoms with Crippen molar-refractivity contribution in [3.05, 3.63) is 60.2 Å². The molecule has 0 spiro atoms. The number of nitrogens with zero attached hydrogens (tertiary/aromatic N) is 2. The Hall–Kier alpha value is -3.15. The van der Waals surface area contributed by atoms with Gasteiger partial charge in [-0.25, -0.2) is 4.90 Å². The van der Waals surface area contributed by atoms with Crippen LogP contribution in [-0.2, 0) is 14.4 Å². The SMILES string of the molecule is CCOc1ccc(N2C(=O)CC(N(C(C)=O)C(C)c3ccccc3)C2=O)cc1. The molecule has 0 aliphatic carbocycles. The van der Waals surface area contributed by atoms with Crippen LogP contribution in [0.1, 0.15) is 38.8 Å². The van der Waals surface area contributed by atoms with Crippen molar-refractivity contribution in [1.29, 1.82) is 0 Å². The lowest BCUT2D eigenvalue weighted by Gasteiger charge is -2.32. The van der Waals surface area contributed by atoms with Crippen LogP contribution in [0.4, 0.5) is 5.69 Å². The molecule has 2 aromatic rings. The quantitative estimate of drug-likeness (QED) is 0.721. The van der Waals surface area contributed by atoms with Crippen molar-refractivity contribution in [3.8, 4) is 5.75 Å². The molecular weight excluding hydrogens is 356 g/mol. The van der Waals surface area contributed by atoms with E-state index >= 15 is 0 Å². The first-order valence-corrected chi connectivity index (χ1v) is 9.37. The highest BCUT2D eigenvalue weighted by atomic mass is 16.5. The van der Waals surface area contributed by atoms with Crippen LogP contribution in [0, 0.1) is 0 Å². The largest absolute Gasteiger partial charge is 0.494 e. The summed E-state index contributed by atoms with van der Waals surface area (Å²) in [6.45, 7) is 5.72. The summed E-state index contributed by atoms with van der Waals surface area (Å²) in [6, 6.07) is 15.2. The number of rotatable bonds is 6. The van der Waals surface area contributed by atoms with E-state index in [1.54, 1.807) is 24.3 Å². The lowest BCUT2D eigenvalue weighted by atomic mass is 10.0. The summed E-state index contributed by atoms with van der Waals surface area (Å²) in [4.78, 5) is 40.8. The van der Waals surface area contributed by atoms with E-state index in [2.05, 4.69) is 0 Å². The summed E-state index contributed by atoms with van der Waals surface area (Å²) in [5.74, 6) is -0.265. The first-order valence-electron chi connectivity index (χ1n) is 9.37. The van der Waals surface area contributed by atoms with Crippen molar-refractivity contribution in [2.24, 2.45) is 0 Å². The molecule has 6 nitrogen and oxygen atoms in total. The highest BCUT2D eigenvalue weighted by Crippen LogP contribution is 2.31. The molecular formula is C22H24N2O4. The van der Waals surface area contributed by atoms with E-state index in [9.17, 15) is 14.4 Å². The molecule has 0 saturated carbocycles. The van der Waals surface area contributed by atoms with Crippen molar-refractivity contribution in [1.82, 2.24) is 4.90 Å². The summed E-state index contributed by atoms with van der Waals surface area (Å²) in [5.41, 5.74) is 1.40. The molecule has 1 heterocycles. The number of anilines is 1. The van der Waals surface area contributed by atoms with E-state index in [1.807, 2.05) is 44.2 Å². The number of imide groups is 1. The summed E-state index contributed by atoms with van der Waals surface area (Å²) in [7, 11) is 0. The van der Waals surface area contributed by atoms with Gasteiger partial charge in [0.1, 0.15) is 11.8 Å². The van der Waals surface area contributed by atoms with Crippen LogP contribution in [0.2, 0.25) is 0 Å². The smallest absolute Gasteiger partial charge is 0.257 e. The molecule has 146 valence electrons. The molecule has 3 amide bonds. The fraction of sp³-hybridized carbons (Fsp3) is 0.318. The highest BCUT2D eigenvalue weighted by molar-refractivity contribution is 6.23. The molecule has 2 aromatic carbocycles. The van der Waals surface area contributed by atoms with Gasteiger partial charge in [-0.3, -0.25) is 14.4 Å². The van der Waals surface area contributed by atoms with Crippen molar-refractivity contribution in [2.45, 2.75) is 39.3 Å². The van der Waals surface area contributed by atoms with Gasteiger partial charge in [0, 0.05) is 6.92 Å². The third kappa shape index (κ3) is 3.76. The predicted molar refractivity (Wildman–Crippen MR) is 106 cm³/mol. The second-order valence-corrected chi connectivity index (χ2v) is 6.73. The Labute approximate surface area is 164 Å². The molecule has 0 aromatic heterocycles. The molecule has 2 atom stereocenters. The molecule has 0 bridgehead atoms. The lowest BCUT2D eigenvalue weighted by molar-refractivity contribution is -0.139. The third-order valence-electron chi connectivity index (χ3n) is 4.93. The second-order valence-electron chi connectivity index (χ2n) is 6.73. The maximum Gasteiger partial charge on any atom is 0.257 e. The molecule has 28 heavy (non-hydrogen) atoms. The minimum absolute atomic E-state index is 0.0250. The first kappa shape index (κ1) is 19.6. The van der Waals surface area contributed by atoms with Gasteiger partial charge >= 0.3 is 0 Å². The van der Waals surface area contributed by atoms with Gasteiger partial charge in [0.25, 0.3) is 5.91 Å². The molecule has 3 rings (SSSR count). The van der Waals surface area contributed by atoms with Gasteiger partial charge < -0.3 is 9.64 Å². The predicted octanol–water partition coefficient (Wildman–Crippen LogP) is 3.33. The van der Waals surface area contributed by atoms with E-state index in [-0.39, 0.29) is 30.2 Å². The van der Waals surface area contributed by atoms with Gasteiger partial charge in [-0.1, -0.05) is 30.3 Å². The number of benzene rings is 2. The second kappa shape index (κ2) is 8.25. The minimum Gasteiger partial charge on any atom is -0.494 e. The van der Waals surface area contributed by atoms with Crippen LogP contribution in [-0.4, -0.2) is 35.3 Å². The average molecular weight is 380 g/mol. The van der Waals surface area contributed by atoms with E-state index in [0.717, 1.165) is 10.5 Å². The van der Waals surface area contributed by atoms with Gasteiger partial charge in [0.2, 0.25) is 11.8 Å². The van der Waals surface area contributed by atoms with Crippen LogP contribution < -0.4 is 9.64 Å². The van der Waals surface area contributed by atoms with Crippen molar-refractivity contribution < 1.29 is 19.1 Å². The third-order valence-corrected chi connectivity index (χ3v) is 4.93. The number of hydrogen-bond acceptors (Lipinski definition) is 4. The van der Waals surface area contributed by atoms with Crippen molar-refractivity contribution in [3.63, 3.8) is 0 Å². The number of ether oxygens (including phenoxy) is 1. The van der Waals surface area contributed by atoms with Crippen LogP contribution in [0.15, 0.2) is 54.6 Å². The Morgan fingerprint density at radius 3 is 2.36 bits per heavy atom. The zero-order valence-electron chi connectivity index (χ0n) is 16.3. The van der Waals surface area contributed by atoms with Crippen molar-refractivity contribution >= 4 is 23.4 Å². The normalized spacial score (nSPS) is 17.5. The lowest BCUT2D eigenvalue weighted by Crippen LogP contribution is -2.45. The van der Waals surface area contributed by atoms with Crippen molar-refractivity contribution in [2.75, 3.05) is 11.5 Å². The fourth-order valence-corrected chi connectivity index (χ4v) is 3.62. The Morgan fingerprint density at radius 1 is 1.14 bits per heavy atom. The number of carbonyl (C=O) groups excluding carboxylic acids is 3. The standard InChI is InChI=1S/C22H24N2O4/c1-4-28-19-12-10-18(11-13-19)24-21(26)14-20(22(24)27)23(16(3)25)15(2)17-8-6-5-7-9-17/h5-13,15,20H,4,14H2,1-3H3. The molecule has 0 N–H and O–H groups in total. The number of carbonyl (C=O) groups is 3. The Bertz CT molecular complexity index is 864. The maximum atomic E-state index is 13.1. The summed E-state index contributed by atoms with van der Waals surface area (Å²) in [5, 5.41) is 0. The Morgan fingerprint density at radius 2 is 1.79 bits per heavy atom. The van der Waals surface area contributed by atoms with Gasteiger partial charge in [0.15, 0.2) is 0 Å². The summed E-state index contributed by atoms with van der Waals surface area (Å²) < 4.78 is 5.41. The number of hydrogen-bond donors (Lipinski definition) is 0. The molecule has 0 radical (unpaired) electrons. The summed E-state index contributed by atoms with van der Waals surface area (Å²) >= 11 is 0. The Balaban J connectivity index is 1.87. The zero-order valence-corrected chi connectivity index (χ0v) is 16.3. The molecule has 1 fully saturated rings. The van der Waals surface area contributed by atoms with E-state index in [0.29, 0.717) is 18.0 Å². The summed E-state index contributed by atoms with van der Waals surface area (Å²) in [6.07, 6.45) is -0.0250. The van der Waals surface area contributed by atoms with Gasteiger partial charge in [0.05, 0.1) is 24.8 Å². The van der Waals surface area contributed by atoms with Gasteiger partial charge in [-0.2, -0.15) is 0 Å². The molecule has 1 aliphatic heterocycles. The molecule has 1 saturated heterocycles. The van der Waals surface area contributed by atoms with Crippen LogP contribution >= 0.6 is 0 Å². The monoisotopic (exact) mass is 380 g/mol. The van der Waals surface area contributed by atoms with Crippen LogP contribution in [0.3, 0.4) is 0 Å². The van der Waals surface area contributed by atoms with E-state index in [1.165, 1.54) is 11.8 Å². The van der Waals surface area contributed by atoms with E-state index < -0.39 is 6.04 Å². The zero-order chi connectivity index (χ0) is 20.3. The topological polar surface area (TPSA) is 66.9 Å². The first-order chi connectivity index (χ1) is 13.4. The number of amides is 3. The molecule has 1 aliphatic rings. The highest BCUT2D eigenvalue weighted by Gasteiger charge is 2.45.